The minimum atomic E-state index is -1.82. The van der Waals surface area contributed by atoms with Gasteiger partial charge in [0, 0.05) is 39.3 Å². The van der Waals surface area contributed by atoms with Crippen molar-refractivity contribution in [3.63, 3.8) is 0 Å². The molecule has 13 heteroatoms. The highest BCUT2D eigenvalue weighted by Gasteiger charge is 2.55. The number of carboxylic acids is 1. The zero-order valence-corrected chi connectivity index (χ0v) is 20.8. The average molecular weight is 521 g/mol. The Labute approximate surface area is 211 Å². The van der Waals surface area contributed by atoms with Gasteiger partial charge in [0.05, 0.1) is 12.1 Å². The fraction of sp³-hybridized carbons (Fsp3) is 0.458. The van der Waals surface area contributed by atoms with Crippen LogP contribution in [-0.2, 0) is 49.9 Å². The molecule has 13 nitrogen and oxygen atoms in total. The van der Waals surface area contributed by atoms with Crippen LogP contribution in [0.1, 0.15) is 38.2 Å². The first-order chi connectivity index (χ1) is 17.4. The molecule has 0 bridgehead atoms. The molecule has 37 heavy (non-hydrogen) atoms. The fourth-order valence-corrected chi connectivity index (χ4v) is 3.99. The number of hydrogen-bond donors (Lipinski definition) is 1. The van der Waals surface area contributed by atoms with Crippen LogP contribution in [0, 0.1) is 0 Å². The maximum Gasteiger partial charge on any atom is 0.354 e. The Morgan fingerprint density at radius 2 is 1.51 bits per heavy atom. The molecule has 1 aromatic heterocycles. The summed E-state index contributed by atoms with van der Waals surface area (Å²) in [6.45, 7) is 5.07. The summed E-state index contributed by atoms with van der Waals surface area (Å²) in [7, 11) is 1.65. The summed E-state index contributed by atoms with van der Waals surface area (Å²) < 4.78 is 33.7. The van der Waals surface area contributed by atoms with Gasteiger partial charge >= 0.3 is 29.8 Å². The van der Waals surface area contributed by atoms with E-state index in [4.69, 9.17) is 28.4 Å². The Balaban J connectivity index is 2.01. The van der Waals surface area contributed by atoms with E-state index < -0.39 is 60.6 Å². The van der Waals surface area contributed by atoms with E-state index in [9.17, 15) is 29.1 Å². The number of aryl methyl sites for hydroxylation is 1. The third-order valence-corrected chi connectivity index (χ3v) is 5.40. The topological polar surface area (TPSA) is 166 Å². The fourth-order valence-electron chi connectivity index (χ4n) is 3.99. The van der Waals surface area contributed by atoms with Gasteiger partial charge < -0.3 is 38.1 Å². The van der Waals surface area contributed by atoms with E-state index >= 15 is 0 Å². The summed E-state index contributed by atoms with van der Waals surface area (Å²) in [5.41, 5.74) is 0.871. The number of esters is 4. The van der Waals surface area contributed by atoms with E-state index in [2.05, 4.69) is 0 Å². The minimum Gasteiger partial charge on any atom is -0.479 e. The Bertz CT molecular complexity index is 1220. The molecule has 0 radical (unpaired) electrons. The summed E-state index contributed by atoms with van der Waals surface area (Å²) in [5.74, 6) is -4.42. The predicted molar refractivity (Wildman–Crippen MR) is 122 cm³/mol. The van der Waals surface area contributed by atoms with Crippen LogP contribution in [0.3, 0.4) is 0 Å². The van der Waals surface area contributed by atoms with Gasteiger partial charge in [-0.1, -0.05) is 0 Å². The number of aromatic nitrogens is 1. The highest BCUT2D eigenvalue weighted by atomic mass is 16.7. The van der Waals surface area contributed by atoms with Crippen LogP contribution in [0.25, 0.3) is 10.9 Å². The van der Waals surface area contributed by atoms with Gasteiger partial charge in [-0.2, -0.15) is 0 Å². The lowest BCUT2D eigenvalue weighted by atomic mass is 9.97. The largest absolute Gasteiger partial charge is 0.479 e. The molecule has 2 aromatic rings. The van der Waals surface area contributed by atoms with Crippen molar-refractivity contribution in [2.24, 2.45) is 7.05 Å². The zero-order valence-electron chi connectivity index (χ0n) is 20.8. The Morgan fingerprint density at radius 1 is 0.919 bits per heavy atom. The van der Waals surface area contributed by atoms with Gasteiger partial charge in [-0.15, -0.1) is 0 Å². The number of carboxylic acid groups (broad SMARTS) is 1. The van der Waals surface area contributed by atoms with Crippen molar-refractivity contribution in [2.75, 3.05) is 6.61 Å². The highest BCUT2D eigenvalue weighted by molar-refractivity contribution is 5.96. The summed E-state index contributed by atoms with van der Waals surface area (Å²) in [5, 5.41) is 10.4. The summed E-state index contributed by atoms with van der Waals surface area (Å²) >= 11 is 0. The van der Waals surface area contributed by atoms with Crippen LogP contribution in [-0.4, -0.2) is 76.8 Å². The molecular weight excluding hydrogens is 494 g/mol. The van der Waals surface area contributed by atoms with E-state index in [1.807, 2.05) is 0 Å². The standard InChI is InChI=1S/C24H27NO12/c1-6-32-23(31)17-9-14-7-8-15(10-16(14)25(17)5)36-24-21(35-13(4)28)19(34-12(3)27)18(33-11(2)26)20(37-24)22(29)30/h7-10,18-21,24H,6H2,1-5H3,(H,29,30)/t18-,19-,20-,21+,24+/m0/s1. The van der Waals surface area contributed by atoms with Crippen LogP contribution in [0.2, 0.25) is 0 Å². The monoisotopic (exact) mass is 521 g/mol. The van der Waals surface area contributed by atoms with E-state index in [0.29, 0.717) is 16.6 Å². The Hall–Kier alpha value is -4.13. The smallest absolute Gasteiger partial charge is 0.354 e. The van der Waals surface area contributed by atoms with Crippen molar-refractivity contribution in [1.82, 2.24) is 4.57 Å². The van der Waals surface area contributed by atoms with Gasteiger partial charge in [-0.3, -0.25) is 14.4 Å². The first-order valence-electron chi connectivity index (χ1n) is 11.3. The second-order valence-electron chi connectivity index (χ2n) is 8.13. The molecule has 0 spiro atoms. The number of hydrogen-bond acceptors (Lipinski definition) is 11. The lowest BCUT2D eigenvalue weighted by Crippen LogP contribution is -2.64. The highest BCUT2D eigenvalue weighted by Crippen LogP contribution is 2.32. The maximum atomic E-state index is 12.2. The van der Waals surface area contributed by atoms with E-state index in [1.54, 1.807) is 36.7 Å². The minimum absolute atomic E-state index is 0.155. The first kappa shape index (κ1) is 27.5. The van der Waals surface area contributed by atoms with Crippen molar-refractivity contribution in [2.45, 2.75) is 58.4 Å². The second kappa shape index (κ2) is 11.3. The SMILES string of the molecule is CCOC(=O)c1cc2ccc(O[C@@H]3O[C@H](C(=O)O)[C@@H](OC(C)=O)[C@H](OC(C)=O)[C@H]3OC(C)=O)cc2n1C. The molecule has 3 rings (SSSR count). The number of benzene rings is 1. The van der Waals surface area contributed by atoms with Gasteiger partial charge in [0.1, 0.15) is 11.4 Å². The van der Waals surface area contributed by atoms with Gasteiger partial charge in [-0.05, 0) is 25.1 Å². The molecule has 0 aliphatic carbocycles. The van der Waals surface area contributed by atoms with Crippen molar-refractivity contribution < 1.29 is 57.5 Å². The molecule has 2 heterocycles. The second-order valence-corrected chi connectivity index (χ2v) is 8.13. The number of ether oxygens (including phenoxy) is 6. The number of nitrogens with zero attached hydrogens (tertiary/aromatic N) is 1. The van der Waals surface area contributed by atoms with Crippen LogP contribution in [0.15, 0.2) is 24.3 Å². The van der Waals surface area contributed by atoms with E-state index in [0.717, 1.165) is 20.8 Å². The molecule has 1 saturated heterocycles. The van der Waals surface area contributed by atoms with E-state index in [-0.39, 0.29) is 12.4 Å². The van der Waals surface area contributed by atoms with Gasteiger partial charge in [-0.25, -0.2) is 9.59 Å². The number of rotatable bonds is 8. The molecule has 5 atom stereocenters. The Kier molecular flexibility index (Phi) is 8.38. The van der Waals surface area contributed by atoms with Crippen LogP contribution in [0.4, 0.5) is 0 Å². The normalized spacial score (nSPS) is 23.1. The van der Waals surface area contributed by atoms with Gasteiger partial charge in [0.25, 0.3) is 0 Å². The Morgan fingerprint density at radius 3 is 2.08 bits per heavy atom. The molecule has 1 fully saturated rings. The van der Waals surface area contributed by atoms with Crippen molar-refractivity contribution in [3.05, 3.63) is 30.0 Å². The molecule has 0 unspecified atom stereocenters. The third kappa shape index (κ3) is 6.17. The van der Waals surface area contributed by atoms with Gasteiger partial charge in [0.2, 0.25) is 12.4 Å². The quantitative estimate of drug-likeness (QED) is 0.392. The molecule has 1 aliphatic rings. The van der Waals surface area contributed by atoms with Crippen LogP contribution >= 0.6 is 0 Å². The predicted octanol–water partition coefficient (Wildman–Crippen LogP) is 1.34. The number of aliphatic carboxylic acids is 1. The molecule has 1 aromatic carbocycles. The zero-order chi connectivity index (χ0) is 27.4. The lowest BCUT2D eigenvalue weighted by Gasteiger charge is -2.42. The molecular formula is C24H27NO12. The lowest BCUT2D eigenvalue weighted by molar-refractivity contribution is -0.281. The number of carbonyl (C=O) groups is 5. The average Bonchev–Trinajstić information content (AvgIpc) is 3.12. The maximum absolute atomic E-state index is 12.2. The molecule has 0 saturated carbocycles. The third-order valence-electron chi connectivity index (χ3n) is 5.40. The summed E-state index contributed by atoms with van der Waals surface area (Å²) in [6.07, 6.45) is -8.09. The van der Waals surface area contributed by atoms with Crippen LogP contribution in [0.5, 0.6) is 5.75 Å². The van der Waals surface area contributed by atoms with Gasteiger partial charge in [0.15, 0.2) is 18.3 Å². The van der Waals surface area contributed by atoms with Crippen molar-refractivity contribution in [1.29, 1.82) is 0 Å². The van der Waals surface area contributed by atoms with Crippen molar-refractivity contribution in [3.8, 4) is 5.75 Å². The first-order valence-corrected chi connectivity index (χ1v) is 11.3. The molecule has 1 aliphatic heterocycles. The molecule has 0 amide bonds. The van der Waals surface area contributed by atoms with Crippen LogP contribution < -0.4 is 4.74 Å². The summed E-state index contributed by atoms with van der Waals surface area (Å²) in [4.78, 5) is 59.6. The number of fused-ring (bicyclic) bond motifs is 1. The molecule has 200 valence electrons. The number of carbonyl (C=O) groups excluding carboxylic acids is 4. The molecule has 1 N–H and O–H groups in total. The summed E-state index contributed by atoms with van der Waals surface area (Å²) in [6, 6.07) is 6.37. The van der Waals surface area contributed by atoms with Crippen molar-refractivity contribution >= 4 is 40.7 Å². The van der Waals surface area contributed by atoms with E-state index in [1.165, 1.54) is 6.07 Å².